The second kappa shape index (κ2) is 10.0. The number of amides is 1. The zero-order valence-corrected chi connectivity index (χ0v) is 16.9. The van der Waals surface area contributed by atoms with Crippen LogP contribution in [0.2, 0.25) is 0 Å². The number of rotatable bonds is 5. The van der Waals surface area contributed by atoms with Crippen molar-refractivity contribution in [2.75, 3.05) is 20.6 Å². The van der Waals surface area contributed by atoms with E-state index < -0.39 is 0 Å². The van der Waals surface area contributed by atoms with Crippen LogP contribution >= 0.6 is 0 Å². The molecule has 5 heteroatoms. The van der Waals surface area contributed by atoms with Gasteiger partial charge in [0.2, 0.25) is 6.41 Å². The molecule has 28 heavy (non-hydrogen) atoms. The van der Waals surface area contributed by atoms with E-state index in [2.05, 4.69) is 24.5 Å². The van der Waals surface area contributed by atoms with Crippen molar-refractivity contribution < 1.29 is 9.18 Å². The lowest BCUT2D eigenvalue weighted by molar-refractivity contribution is -0.119. The SMILES string of the molecule is C=C(N)CC(C)N(C)C.O=CN1CCc2ccccc2[C@@H]1c1ccc(F)cc1. The van der Waals surface area contributed by atoms with Gasteiger partial charge in [0.05, 0.1) is 6.04 Å². The van der Waals surface area contributed by atoms with Gasteiger partial charge in [-0.2, -0.15) is 0 Å². The number of carbonyl (C=O) groups is 1. The molecule has 0 saturated heterocycles. The summed E-state index contributed by atoms with van der Waals surface area (Å²) in [4.78, 5) is 15.2. The first-order valence-electron chi connectivity index (χ1n) is 9.47. The predicted molar refractivity (Wildman–Crippen MR) is 112 cm³/mol. The molecule has 0 aromatic heterocycles. The summed E-state index contributed by atoms with van der Waals surface area (Å²) < 4.78 is 13.0. The Kier molecular flexibility index (Phi) is 7.76. The van der Waals surface area contributed by atoms with E-state index in [1.807, 2.05) is 32.3 Å². The molecule has 1 heterocycles. The Morgan fingerprint density at radius 2 is 1.93 bits per heavy atom. The summed E-state index contributed by atoms with van der Waals surface area (Å²) in [6, 6.07) is 14.9. The number of halogens is 1. The number of fused-ring (bicyclic) bond motifs is 1. The largest absolute Gasteiger partial charge is 0.402 e. The summed E-state index contributed by atoms with van der Waals surface area (Å²) in [6.07, 6.45) is 2.63. The van der Waals surface area contributed by atoms with Crippen molar-refractivity contribution in [2.45, 2.75) is 31.8 Å². The molecule has 0 spiro atoms. The van der Waals surface area contributed by atoms with Gasteiger partial charge in [-0.25, -0.2) is 4.39 Å². The smallest absolute Gasteiger partial charge is 0.210 e. The van der Waals surface area contributed by atoms with E-state index in [0.29, 0.717) is 12.6 Å². The molecule has 150 valence electrons. The highest BCUT2D eigenvalue weighted by molar-refractivity contribution is 5.54. The summed E-state index contributed by atoms with van der Waals surface area (Å²) in [7, 11) is 4.07. The third kappa shape index (κ3) is 5.67. The minimum atomic E-state index is -0.259. The Bertz CT molecular complexity index is 789. The summed E-state index contributed by atoms with van der Waals surface area (Å²) in [6.45, 7) is 6.45. The molecule has 0 radical (unpaired) electrons. The van der Waals surface area contributed by atoms with Crippen molar-refractivity contribution in [3.05, 3.63) is 83.3 Å². The van der Waals surface area contributed by atoms with Gasteiger partial charge in [0.15, 0.2) is 0 Å². The fourth-order valence-electron chi connectivity index (χ4n) is 3.28. The van der Waals surface area contributed by atoms with Crippen molar-refractivity contribution >= 4 is 6.41 Å². The van der Waals surface area contributed by atoms with Gasteiger partial charge in [-0.3, -0.25) is 4.79 Å². The van der Waals surface area contributed by atoms with Crippen LogP contribution < -0.4 is 5.73 Å². The number of nitrogens with zero attached hydrogens (tertiary/aromatic N) is 2. The Labute approximate surface area is 167 Å². The van der Waals surface area contributed by atoms with Crippen molar-refractivity contribution in [2.24, 2.45) is 5.73 Å². The Hall–Kier alpha value is -2.66. The highest BCUT2D eigenvalue weighted by atomic mass is 19.1. The van der Waals surface area contributed by atoms with E-state index in [1.54, 1.807) is 17.0 Å². The highest BCUT2D eigenvalue weighted by Gasteiger charge is 2.27. The molecule has 3 rings (SSSR count). The molecular weight excluding hydrogens is 353 g/mol. The third-order valence-electron chi connectivity index (χ3n) is 5.08. The van der Waals surface area contributed by atoms with Gasteiger partial charge in [-0.15, -0.1) is 0 Å². The molecule has 2 N–H and O–H groups in total. The van der Waals surface area contributed by atoms with Gasteiger partial charge in [-0.05, 0) is 56.3 Å². The number of hydrogen-bond acceptors (Lipinski definition) is 3. The van der Waals surface area contributed by atoms with E-state index in [9.17, 15) is 9.18 Å². The van der Waals surface area contributed by atoms with Crippen LogP contribution in [-0.2, 0) is 11.2 Å². The van der Waals surface area contributed by atoms with Crippen LogP contribution in [0, 0.1) is 5.82 Å². The van der Waals surface area contributed by atoms with Crippen LogP contribution in [0.5, 0.6) is 0 Å². The number of nitrogens with two attached hydrogens (primary N) is 1. The normalized spacial score (nSPS) is 16.6. The predicted octanol–water partition coefficient (Wildman–Crippen LogP) is 3.73. The highest BCUT2D eigenvalue weighted by Crippen LogP contribution is 2.34. The van der Waals surface area contributed by atoms with E-state index in [4.69, 9.17) is 5.73 Å². The quantitative estimate of drug-likeness (QED) is 0.801. The maximum Gasteiger partial charge on any atom is 0.210 e. The molecule has 0 fully saturated rings. The first kappa shape index (κ1) is 21.6. The van der Waals surface area contributed by atoms with Crippen molar-refractivity contribution in [3.63, 3.8) is 0 Å². The molecular formula is C23H30FN3O. The molecule has 0 aliphatic carbocycles. The van der Waals surface area contributed by atoms with Gasteiger partial charge >= 0.3 is 0 Å². The first-order valence-corrected chi connectivity index (χ1v) is 9.47. The minimum Gasteiger partial charge on any atom is -0.402 e. The maximum absolute atomic E-state index is 13.0. The van der Waals surface area contributed by atoms with Crippen LogP contribution in [0.15, 0.2) is 60.8 Å². The fourth-order valence-corrected chi connectivity index (χ4v) is 3.28. The molecule has 1 unspecified atom stereocenters. The molecule has 0 saturated carbocycles. The van der Waals surface area contributed by atoms with E-state index in [1.165, 1.54) is 17.7 Å². The van der Waals surface area contributed by atoms with Crippen LogP contribution in [-0.4, -0.2) is 42.9 Å². The standard InChI is InChI=1S/C16H14FNO.C7H16N2/c17-14-7-5-13(6-8-14)16-15-4-2-1-3-12(15)9-10-18(16)11-19;1-6(8)5-7(2)9(3)4/h1-8,11,16H,9-10H2;7H,1,5,8H2,2-4H3/t16-;/m0./s1. The summed E-state index contributed by atoms with van der Waals surface area (Å²) >= 11 is 0. The van der Waals surface area contributed by atoms with E-state index in [-0.39, 0.29) is 11.9 Å². The van der Waals surface area contributed by atoms with Crippen molar-refractivity contribution in [1.29, 1.82) is 0 Å². The second-order valence-corrected chi connectivity index (χ2v) is 7.42. The molecule has 4 nitrogen and oxygen atoms in total. The Morgan fingerprint density at radius 3 is 2.46 bits per heavy atom. The summed E-state index contributed by atoms with van der Waals surface area (Å²) in [5.74, 6) is -0.259. The molecule has 1 amide bonds. The lowest BCUT2D eigenvalue weighted by Crippen LogP contribution is -2.34. The van der Waals surface area contributed by atoms with Crippen LogP contribution in [0.4, 0.5) is 4.39 Å². The third-order valence-corrected chi connectivity index (χ3v) is 5.08. The lowest BCUT2D eigenvalue weighted by atomic mass is 9.88. The van der Waals surface area contributed by atoms with Gasteiger partial charge in [-0.1, -0.05) is 43.0 Å². The van der Waals surface area contributed by atoms with Crippen LogP contribution in [0.3, 0.4) is 0 Å². The van der Waals surface area contributed by atoms with Crippen molar-refractivity contribution in [1.82, 2.24) is 9.80 Å². The van der Waals surface area contributed by atoms with E-state index in [0.717, 1.165) is 36.1 Å². The molecule has 1 aliphatic heterocycles. The van der Waals surface area contributed by atoms with Crippen LogP contribution in [0.1, 0.15) is 36.1 Å². The minimum absolute atomic E-state index is 0.108. The molecule has 2 aromatic carbocycles. The maximum atomic E-state index is 13.0. The summed E-state index contributed by atoms with van der Waals surface area (Å²) in [5.41, 5.74) is 9.51. The Balaban J connectivity index is 0.000000266. The Morgan fingerprint density at radius 1 is 1.29 bits per heavy atom. The lowest BCUT2D eigenvalue weighted by Gasteiger charge is -2.35. The zero-order valence-electron chi connectivity index (χ0n) is 16.9. The average Bonchev–Trinajstić information content (AvgIpc) is 2.67. The number of benzene rings is 2. The van der Waals surface area contributed by atoms with Gasteiger partial charge in [0.25, 0.3) is 0 Å². The monoisotopic (exact) mass is 383 g/mol. The molecule has 0 bridgehead atoms. The number of hydrogen-bond donors (Lipinski definition) is 1. The molecule has 2 atom stereocenters. The average molecular weight is 384 g/mol. The molecule has 1 aliphatic rings. The summed E-state index contributed by atoms with van der Waals surface area (Å²) in [5, 5.41) is 0. The fraction of sp³-hybridized carbons (Fsp3) is 0.348. The van der Waals surface area contributed by atoms with Crippen LogP contribution in [0.25, 0.3) is 0 Å². The first-order chi connectivity index (χ1) is 13.3. The van der Waals surface area contributed by atoms with Gasteiger partial charge in [0, 0.05) is 24.7 Å². The second-order valence-electron chi connectivity index (χ2n) is 7.42. The topological polar surface area (TPSA) is 49.6 Å². The van der Waals surface area contributed by atoms with Crippen molar-refractivity contribution in [3.8, 4) is 0 Å². The molecule has 2 aromatic rings. The van der Waals surface area contributed by atoms with Gasteiger partial charge < -0.3 is 15.5 Å². The zero-order chi connectivity index (χ0) is 20.7. The van der Waals surface area contributed by atoms with Gasteiger partial charge in [0.1, 0.15) is 5.82 Å². The van der Waals surface area contributed by atoms with E-state index >= 15 is 0 Å². The number of carbonyl (C=O) groups excluding carboxylic acids is 1.